The molecule has 0 aliphatic carbocycles. The van der Waals surface area contributed by atoms with E-state index in [1.807, 2.05) is 0 Å². The van der Waals surface area contributed by atoms with Crippen LogP contribution in [0.3, 0.4) is 0 Å². The minimum atomic E-state index is -4.28. The number of hydrogen-bond acceptors (Lipinski definition) is 2. The first-order valence-electron chi connectivity index (χ1n) is 4.01. The van der Waals surface area contributed by atoms with E-state index in [-0.39, 0.29) is 14.5 Å². The zero-order valence-corrected chi connectivity index (χ0v) is 9.04. The summed E-state index contributed by atoms with van der Waals surface area (Å²) in [7, 11) is 0. The number of aromatic nitrogens is 2. The molecule has 0 fully saturated rings. The van der Waals surface area contributed by atoms with Crippen molar-refractivity contribution in [1.29, 1.82) is 0 Å². The van der Waals surface area contributed by atoms with Gasteiger partial charge in [0.05, 0.1) is 0 Å². The van der Waals surface area contributed by atoms with Crippen LogP contribution in [0.4, 0.5) is 13.2 Å². The average Bonchev–Trinajstić information content (AvgIpc) is 2.69. The third kappa shape index (κ3) is 2.27. The molecule has 0 saturated heterocycles. The van der Waals surface area contributed by atoms with Gasteiger partial charge in [0, 0.05) is 0 Å². The molecule has 0 aliphatic heterocycles. The summed E-state index contributed by atoms with van der Waals surface area (Å²) >= 11 is 0.0414. The Morgan fingerprint density at radius 2 is 1.73 bits per heavy atom. The van der Waals surface area contributed by atoms with Crippen LogP contribution in [-0.2, 0) is 6.18 Å². The van der Waals surface area contributed by atoms with Gasteiger partial charge in [-0.2, -0.15) is 0 Å². The topological polar surface area (TPSA) is 25.8 Å². The number of benzene rings is 1. The molecule has 0 unspecified atom stereocenters. The molecule has 1 aromatic heterocycles. The van der Waals surface area contributed by atoms with Crippen molar-refractivity contribution in [2.75, 3.05) is 0 Å². The van der Waals surface area contributed by atoms with Crippen molar-refractivity contribution in [2.45, 2.75) is 6.18 Å². The summed E-state index contributed by atoms with van der Waals surface area (Å²) in [5, 5.41) is 9.19. The molecule has 1 heterocycles. The number of nitrogens with zero attached hydrogens (tertiary/aromatic N) is 2. The predicted octanol–water partition coefficient (Wildman–Crippen LogP) is 2.22. The summed E-state index contributed by atoms with van der Waals surface area (Å²) in [5.41, 5.74) is 0.0683. The molecule has 0 aliphatic rings. The summed E-state index contributed by atoms with van der Waals surface area (Å²) in [6.07, 6.45) is -4.28. The van der Waals surface area contributed by atoms with E-state index in [0.717, 1.165) is 16.7 Å². The first-order valence-corrected chi connectivity index (χ1v) is 5.86. The van der Waals surface area contributed by atoms with E-state index in [0.29, 0.717) is 5.56 Å². The fourth-order valence-electron chi connectivity index (χ4n) is 1.10. The Labute approximate surface area is 89.5 Å². The van der Waals surface area contributed by atoms with Crippen LogP contribution in [0.2, 0.25) is 0 Å². The van der Waals surface area contributed by atoms with E-state index in [9.17, 15) is 13.2 Å². The molecule has 0 amide bonds. The number of alkyl halides is 3. The maximum atomic E-state index is 12.2. The molecule has 2 rings (SSSR count). The third-order valence-electron chi connectivity index (χ3n) is 1.82. The van der Waals surface area contributed by atoms with E-state index >= 15 is 0 Å². The molecule has 1 aromatic carbocycles. The van der Waals surface area contributed by atoms with Gasteiger partial charge in [-0.25, -0.2) is 0 Å². The van der Waals surface area contributed by atoms with Gasteiger partial charge in [0.15, 0.2) is 0 Å². The summed E-state index contributed by atoms with van der Waals surface area (Å²) in [6, 6.07) is 4.98. The van der Waals surface area contributed by atoms with Crippen molar-refractivity contribution in [3.63, 3.8) is 0 Å². The van der Waals surface area contributed by atoms with Crippen molar-refractivity contribution in [3.8, 4) is 10.1 Å². The third-order valence-corrected chi connectivity index (χ3v) is 3.37. The van der Waals surface area contributed by atoms with E-state index in [4.69, 9.17) is 0 Å². The zero-order valence-electron chi connectivity index (χ0n) is 7.32. The first kappa shape index (κ1) is 10.4. The van der Waals surface area contributed by atoms with Gasteiger partial charge < -0.3 is 0 Å². The van der Waals surface area contributed by atoms with Crippen molar-refractivity contribution in [2.24, 2.45) is 0 Å². The summed E-state index contributed by atoms with van der Waals surface area (Å²) in [5.74, 6) is 0. The van der Waals surface area contributed by atoms with Gasteiger partial charge in [-0.15, -0.1) is 0 Å². The monoisotopic (exact) mass is 278 g/mol. The standard InChI is InChI=1S/C9H5F3N2Se/c10-9(11,12)7-3-1-6(2-4-7)8-14-13-5-15-8/h1-5H. The molecule has 0 N–H and O–H groups in total. The fourth-order valence-corrected chi connectivity index (χ4v) is 2.28. The Bertz CT molecular complexity index is 433. The number of halogens is 3. The number of rotatable bonds is 1. The van der Waals surface area contributed by atoms with E-state index in [1.165, 1.54) is 12.1 Å². The molecule has 2 aromatic rings. The Morgan fingerprint density at radius 3 is 2.20 bits per heavy atom. The Hall–Kier alpha value is -1.13. The van der Waals surface area contributed by atoms with Crippen LogP contribution in [0.15, 0.2) is 29.3 Å². The molecule has 0 saturated carbocycles. The van der Waals surface area contributed by atoms with Gasteiger partial charge in [-0.05, 0) is 0 Å². The van der Waals surface area contributed by atoms with Crippen LogP contribution in [-0.4, -0.2) is 24.7 Å². The van der Waals surface area contributed by atoms with Gasteiger partial charge in [0.2, 0.25) is 0 Å². The zero-order chi connectivity index (χ0) is 10.9. The summed E-state index contributed by atoms with van der Waals surface area (Å²) in [4.78, 5) is 0. The molecule has 78 valence electrons. The average molecular weight is 277 g/mol. The molecule has 0 atom stereocenters. The molecule has 0 bridgehead atoms. The maximum absolute atomic E-state index is 12.2. The van der Waals surface area contributed by atoms with Crippen LogP contribution in [0, 0.1) is 0 Å². The van der Waals surface area contributed by atoms with E-state index < -0.39 is 11.7 Å². The van der Waals surface area contributed by atoms with E-state index in [2.05, 4.69) is 10.2 Å². The summed E-state index contributed by atoms with van der Waals surface area (Å²) in [6.45, 7) is 0. The Morgan fingerprint density at radius 1 is 1.07 bits per heavy atom. The Kier molecular flexibility index (Phi) is 2.63. The van der Waals surface area contributed by atoms with Crippen molar-refractivity contribution in [1.82, 2.24) is 10.2 Å². The van der Waals surface area contributed by atoms with Crippen molar-refractivity contribution in [3.05, 3.63) is 34.9 Å². The normalized spacial score (nSPS) is 11.7. The van der Waals surface area contributed by atoms with Crippen LogP contribution in [0.5, 0.6) is 0 Å². The molecule has 0 spiro atoms. The molecular formula is C9H5F3N2Se. The van der Waals surface area contributed by atoms with Gasteiger partial charge in [0.1, 0.15) is 0 Å². The number of hydrogen-bond donors (Lipinski definition) is 0. The molecule has 2 nitrogen and oxygen atoms in total. The second-order valence-electron chi connectivity index (χ2n) is 2.82. The first-order chi connectivity index (χ1) is 7.07. The van der Waals surface area contributed by atoms with Crippen molar-refractivity contribution >= 4 is 14.5 Å². The second-order valence-corrected chi connectivity index (χ2v) is 4.57. The molecule has 6 heteroatoms. The predicted molar refractivity (Wildman–Crippen MR) is 49.4 cm³/mol. The van der Waals surface area contributed by atoms with Crippen molar-refractivity contribution < 1.29 is 13.2 Å². The van der Waals surface area contributed by atoms with E-state index in [1.54, 1.807) is 5.07 Å². The van der Waals surface area contributed by atoms with Crippen LogP contribution in [0.1, 0.15) is 5.56 Å². The van der Waals surface area contributed by atoms with Crippen LogP contribution < -0.4 is 0 Å². The minimum absolute atomic E-state index is 0.0414. The van der Waals surface area contributed by atoms with Gasteiger partial charge >= 0.3 is 89.1 Å². The molecule has 15 heavy (non-hydrogen) atoms. The van der Waals surface area contributed by atoms with Crippen LogP contribution in [0.25, 0.3) is 10.1 Å². The van der Waals surface area contributed by atoms with Crippen LogP contribution >= 0.6 is 0 Å². The van der Waals surface area contributed by atoms with Gasteiger partial charge in [-0.1, -0.05) is 0 Å². The molecule has 0 radical (unpaired) electrons. The Balaban J connectivity index is 2.33. The summed E-state index contributed by atoms with van der Waals surface area (Å²) < 4.78 is 37.5. The second kappa shape index (κ2) is 3.79. The molecular weight excluding hydrogens is 272 g/mol. The SMILES string of the molecule is FC(F)(F)c1ccc(-c2nnc[se]2)cc1. The fraction of sp³-hybridized carbons (Fsp3) is 0.111. The van der Waals surface area contributed by atoms with Gasteiger partial charge in [-0.3, -0.25) is 0 Å². The van der Waals surface area contributed by atoms with Gasteiger partial charge in [0.25, 0.3) is 0 Å². The quantitative estimate of drug-likeness (QED) is 0.747.